The smallest absolute Gasteiger partial charge is 0.213 e. The quantitative estimate of drug-likeness (QED) is 0.132. The van der Waals surface area contributed by atoms with Gasteiger partial charge in [0.05, 0.1) is 16.3 Å². The molecule has 0 aliphatic heterocycles. The van der Waals surface area contributed by atoms with E-state index in [2.05, 4.69) is 206 Å². The summed E-state index contributed by atoms with van der Waals surface area (Å²) in [5.41, 5.74) is 7.01. The number of hydrogen-bond acceptors (Lipinski definition) is 2. The van der Waals surface area contributed by atoms with Gasteiger partial charge in [0.15, 0.2) is 0 Å². The Bertz CT molecular complexity index is 2590. The van der Waals surface area contributed by atoms with E-state index < -0.39 is 0 Å². The second kappa shape index (κ2) is 17.8. The van der Waals surface area contributed by atoms with Crippen LogP contribution in [0, 0.1) is 3.57 Å². The number of aromatic nitrogens is 2. The van der Waals surface area contributed by atoms with Gasteiger partial charge in [-0.3, -0.25) is 4.57 Å². The van der Waals surface area contributed by atoms with E-state index >= 15 is 0 Å². The number of fused-ring (bicyclic) bond motifs is 10. The average Bonchev–Trinajstić information content (AvgIpc) is 3.93. The number of halogens is 5. The van der Waals surface area contributed by atoms with Gasteiger partial charge in [-0.2, -0.15) is 0 Å². The molecule has 0 fully saturated rings. The summed E-state index contributed by atoms with van der Waals surface area (Å²) in [5, 5.41) is 7.15. The van der Waals surface area contributed by atoms with Crippen molar-refractivity contribution in [2.75, 3.05) is 9.86 Å². The van der Waals surface area contributed by atoms with Crippen LogP contribution in [0.3, 0.4) is 0 Å². The first kappa shape index (κ1) is 37.9. The van der Waals surface area contributed by atoms with Gasteiger partial charge in [0.1, 0.15) is 11.2 Å². The fraction of sp³-hybridized carbons (Fsp3) is 0.0476. The summed E-state index contributed by atoms with van der Waals surface area (Å²) in [4.78, 5) is 7.24. The van der Waals surface area contributed by atoms with Crippen LogP contribution in [0.1, 0.15) is 0 Å². The highest BCUT2D eigenvalue weighted by atomic mass is 127. The number of hydrogen-bond donors (Lipinski definition) is 1. The minimum atomic E-state index is 0.863. The Morgan fingerprint density at radius 3 is 1.63 bits per heavy atom. The van der Waals surface area contributed by atoms with E-state index in [-0.39, 0.29) is 0 Å². The number of benzene rings is 6. The number of H-pyrrole nitrogens is 1. The Morgan fingerprint density at radius 2 is 1.00 bits per heavy atom. The minimum absolute atomic E-state index is 0.863. The van der Waals surface area contributed by atoms with E-state index in [1.165, 1.54) is 30.5 Å². The molecule has 1 N–H and O–H groups in total. The Balaban J connectivity index is 0.000000139. The molecule has 0 aliphatic rings. The van der Waals surface area contributed by atoms with Crippen molar-refractivity contribution >= 4 is 166 Å². The molecule has 4 heterocycles. The normalized spacial score (nSPS) is 10.6. The highest BCUT2D eigenvalue weighted by Crippen LogP contribution is 2.39. The lowest BCUT2D eigenvalue weighted by atomic mass is 10.1. The first-order valence-corrected chi connectivity index (χ1v) is 22.7. The molecule has 0 unspecified atom stereocenters. The number of rotatable bonds is 1. The number of aromatic amines is 1. The van der Waals surface area contributed by atoms with Crippen LogP contribution < -0.4 is 0 Å². The molecule has 4 nitrogen and oxygen atoms in total. The number of nitrogens with one attached hydrogen (secondary N) is 1. The number of nitrogens with zero attached hydrogens (tertiary/aromatic N) is 1. The molecule has 9 heteroatoms. The molecule has 0 amide bonds. The molecule has 0 radical (unpaired) electrons. The summed E-state index contributed by atoms with van der Waals surface area (Å²) in [5.74, 6) is 0. The lowest BCUT2D eigenvalue weighted by molar-refractivity contribution is 0.645. The maximum Gasteiger partial charge on any atom is 0.213 e. The predicted molar refractivity (Wildman–Crippen MR) is 251 cm³/mol. The van der Waals surface area contributed by atoms with Crippen LogP contribution in [0.25, 0.3) is 71.6 Å². The third kappa shape index (κ3) is 8.07. The molecule has 256 valence electrons. The van der Waals surface area contributed by atoms with Gasteiger partial charge in [-0.1, -0.05) is 150 Å². The first-order valence-electron chi connectivity index (χ1n) is 15.8. The summed E-state index contributed by atoms with van der Waals surface area (Å²) in [7, 11) is 0. The standard InChI is InChI=1S/C20H12BrNO.C14H9NO.C6H4BrI.2CH3I/c21-13-9-11-14(12-10-13)22-17-7-3-1-5-15(17)19-16-6-2-4-8-18(16)23-20(19)22;1-3-7-11-9(5-1)13-10-6-2-4-8-12(10)16-14(13)15-11;7-5-1-3-6(8)4-2-5;2*1-2/h1-12H;1-8,15H;1-4H;2*1H3. The van der Waals surface area contributed by atoms with Crippen molar-refractivity contribution in [3.8, 4) is 5.69 Å². The van der Waals surface area contributed by atoms with Crippen molar-refractivity contribution in [2.24, 2.45) is 0 Å². The fourth-order valence-corrected chi connectivity index (χ4v) is 6.94. The second-order valence-corrected chi connectivity index (χ2v) is 14.1. The Labute approximate surface area is 353 Å². The molecule has 51 heavy (non-hydrogen) atoms. The van der Waals surface area contributed by atoms with Crippen molar-refractivity contribution in [2.45, 2.75) is 0 Å². The van der Waals surface area contributed by atoms with Gasteiger partial charge >= 0.3 is 0 Å². The van der Waals surface area contributed by atoms with Gasteiger partial charge in [-0.15, -0.1) is 0 Å². The summed E-state index contributed by atoms with van der Waals surface area (Å²) >= 11 is 13.4. The van der Waals surface area contributed by atoms with Crippen LogP contribution in [0.15, 0.2) is 163 Å². The molecule has 6 aromatic carbocycles. The van der Waals surface area contributed by atoms with E-state index in [1.54, 1.807) is 0 Å². The minimum Gasteiger partial charge on any atom is -0.440 e. The SMILES string of the molecule is Brc1ccc(-n2c3ccccc3c3c4ccccc4oc32)cc1.Brc1ccc(I)cc1.CI.CI.c1ccc2c(c1)[nH]c1oc3ccccc3c12. The largest absolute Gasteiger partial charge is 0.440 e. The molecule has 10 rings (SSSR count). The summed E-state index contributed by atoms with van der Waals surface area (Å²) < 4.78 is 17.7. The van der Waals surface area contributed by atoms with Gasteiger partial charge in [-0.25, -0.2) is 0 Å². The van der Waals surface area contributed by atoms with E-state index in [0.29, 0.717) is 0 Å². The van der Waals surface area contributed by atoms with Crippen LogP contribution in [0.5, 0.6) is 0 Å². The van der Waals surface area contributed by atoms with Crippen LogP contribution in [0.4, 0.5) is 0 Å². The third-order valence-corrected chi connectivity index (χ3v) is 9.90. The van der Waals surface area contributed by atoms with Crippen LogP contribution in [-0.2, 0) is 0 Å². The van der Waals surface area contributed by atoms with Gasteiger partial charge in [0.2, 0.25) is 11.4 Å². The molecule has 0 aliphatic carbocycles. The Kier molecular flexibility index (Phi) is 13.2. The highest BCUT2D eigenvalue weighted by Gasteiger charge is 2.18. The Hall–Kier alpha value is -2.85. The van der Waals surface area contributed by atoms with Gasteiger partial charge in [-0.05, 0) is 105 Å². The molecule has 0 saturated carbocycles. The molecule has 0 bridgehead atoms. The van der Waals surface area contributed by atoms with E-state index in [0.717, 1.165) is 53.6 Å². The van der Waals surface area contributed by atoms with Gasteiger partial charge < -0.3 is 13.8 Å². The predicted octanol–water partition coefficient (Wildman–Crippen LogP) is 15.5. The van der Waals surface area contributed by atoms with Crippen LogP contribution in [0.2, 0.25) is 0 Å². The van der Waals surface area contributed by atoms with Crippen LogP contribution >= 0.6 is 99.6 Å². The zero-order valence-electron chi connectivity index (χ0n) is 27.5. The summed E-state index contributed by atoms with van der Waals surface area (Å²) in [6.45, 7) is 0. The van der Waals surface area contributed by atoms with Crippen LogP contribution in [-0.4, -0.2) is 19.4 Å². The average molecular weight is 1140 g/mol. The third-order valence-electron chi connectivity index (χ3n) is 8.12. The van der Waals surface area contributed by atoms with Crippen molar-refractivity contribution in [3.63, 3.8) is 0 Å². The summed E-state index contributed by atoms with van der Waals surface area (Å²) in [6.07, 6.45) is 0. The fourth-order valence-electron chi connectivity index (χ4n) is 6.05. The number of alkyl halides is 2. The number of furan rings is 2. The first-order chi connectivity index (χ1) is 25.0. The second-order valence-electron chi connectivity index (χ2n) is 11.0. The van der Waals surface area contributed by atoms with Crippen molar-refractivity contribution in [1.29, 1.82) is 0 Å². The molecule has 0 atom stereocenters. The molecule has 10 aromatic rings. The monoisotopic (exact) mass is 1130 g/mol. The maximum atomic E-state index is 6.20. The molecular formula is C42H31Br2I3N2O2. The van der Waals surface area contributed by atoms with Gasteiger partial charge in [0.25, 0.3) is 0 Å². The molecule has 0 spiro atoms. The number of para-hydroxylation sites is 4. The highest BCUT2D eigenvalue weighted by molar-refractivity contribution is 14.1. The van der Waals surface area contributed by atoms with Crippen molar-refractivity contribution in [3.05, 3.63) is 158 Å². The van der Waals surface area contributed by atoms with E-state index in [9.17, 15) is 0 Å². The topological polar surface area (TPSA) is 47.0 Å². The molecule has 4 aromatic heterocycles. The Morgan fingerprint density at radius 1 is 0.510 bits per heavy atom. The molecular weight excluding hydrogens is 1100 g/mol. The van der Waals surface area contributed by atoms with Gasteiger partial charge in [0, 0.05) is 45.3 Å². The zero-order chi connectivity index (χ0) is 35.9. The maximum absolute atomic E-state index is 6.20. The summed E-state index contributed by atoms with van der Waals surface area (Å²) in [6, 6.07) is 49.6. The van der Waals surface area contributed by atoms with Crippen molar-refractivity contribution in [1.82, 2.24) is 9.55 Å². The lowest BCUT2D eigenvalue weighted by Gasteiger charge is -2.06. The molecule has 0 saturated heterocycles. The van der Waals surface area contributed by atoms with E-state index in [4.69, 9.17) is 8.83 Å². The van der Waals surface area contributed by atoms with Crippen molar-refractivity contribution < 1.29 is 8.83 Å². The zero-order valence-corrected chi connectivity index (χ0v) is 37.2. The van der Waals surface area contributed by atoms with E-state index in [1.807, 2.05) is 58.4 Å². The lowest BCUT2D eigenvalue weighted by Crippen LogP contribution is -1.92.